The van der Waals surface area contributed by atoms with Crippen LogP contribution in [-0.4, -0.2) is 29.6 Å². The Kier molecular flexibility index (Phi) is 6.49. The molecule has 0 unspecified atom stereocenters. The van der Waals surface area contributed by atoms with Crippen LogP contribution < -0.4 is 9.04 Å². The molecule has 0 aliphatic carbocycles. The van der Waals surface area contributed by atoms with Gasteiger partial charge in [-0.1, -0.05) is 35.7 Å². The first-order valence-corrected chi connectivity index (χ1v) is 10.4. The zero-order chi connectivity index (χ0) is 19.6. The number of hydrogen-bond donors (Lipinski definition) is 0. The van der Waals surface area contributed by atoms with Gasteiger partial charge in [-0.2, -0.15) is 5.10 Å². The number of aromatic nitrogens is 2. The van der Waals surface area contributed by atoms with E-state index in [1.54, 1.807) is 19.2 Å². The highest BCUT2D eigenvalue weighted by Crippen LogP contribution is 2.39. The molecule has 0 aliphatic heterocycles. The van der Waals surface area contributed by atoms with Crippen LogP contribution >= 0.6 is 39.5 Å². The Morgan fingerprint density at radius 2 is 1.96 bits per heavy atom. The third kappa shape index (κ3) is 4.33. The number of hydrogen-bond acceptors (Lipinski definition) is 4. The number of alkyl halides is 2. The molecule has 1 heterocycles. The third-order valence-corrected chi connectivity index (χ3v) is 5.73. The van der Waals surface area contributed by atoms with Crippen molar-refractivity contribution in [2.75, 3.05) is 17.7 Å². The van der Waals surface area contributed by atoms with Gasteiger partial charge in [-0.05, 0) is 45.8 Å². The molecule has 1 aromatic heterocycles. The minimum Gasteiger partial charge on any atom is -0.497 e. The lowest BCUT2D eigenvalue weighted by molar-refractivity contribution is 0.123. The van der Waals surface area contributed by atoms with Crippen molar-refractivity contribution < 1.29 is 13.5 Å². The predicted molar refractivity (Wildman–Crippen MR) is 111 cm³/mol. The maximum atomic E-state index is 13.1. The second-order valence-electron chi connectivity index (χ2n) is 5.72. The van der Waals surface area contributed by atoms with Crippen LogP contribution in [0.1, 0.15) is 5.56 Å². The second-order valence-corrected chi connectivity index (χ2v) is 7.78. The van der Waals surface area contributed by atoms with Gasteiger partial charge in [0, 0.05) is 10.7 Å². The first-order chi connectivity index (χ1) is 12.9. The van der Waals surface area contributed by atoms with Crippen molar-refractivity contribution in [1.82, 2.24) is 9.78 Å². The Bertz CT molecular complexity index is 936. The van der Waals surface area contributed by atoms with Gasteiger partial charge >= 0.3 is 0 Å². The molecule has 0 saturated heterocycles. The Labute approximate surface area is 173 Å². The van der Waals surface area contributed by atoms with Gasteiger partial charge in [0.25, 0.3) is 6.43 Å². The molecule has 0 fully saturated rings. The predicted octanol–water partition coefficient (Wildman–Crippen LogP) is 6.01. The monoisotopic (exact) mass is 475 g/mol. The number of nitrogens with zero attached hydrogens (tertiary/aromatic N) is 3. The largest absolute Gasteiger partial charge is 0.497 e. The van der Waals surface area contributed by atoms with Gasteiger partial charge < -0.3 is 4.74 Å². The standard InChI is InChI=1S/C18H17BrClF2N3OS/c1-26-12-5-3-11(4-6-12)9-25(27-2)18-16-14(20)8-7-13(19)17(16)24(23-18)10-15(21)22/h3-8,15H,9-10H2,1-2H3. The van der Waals surface area contributed by atoms with E-state index >= 15 is 0 Å². The average molecular weight is 477 g/mol. The van der Waals surface area contributed by atoms with Gasteiger partial charge in [-0.3, -0.25) is 8.99 Å². The minimum absolute atomic E-state index is 0.470. The van der Waals surface area contributed by atoms with Gasteiger partial charge in [-0.25, -0.2) is 8.78 Å². The summed E-state index contributed by atoms with van der Waals surface area (Å²) < 4.78 is 35.2. The van der Waals surface area contributed by atoms with E-state index in [-0.39, 0.29) is 0 Å². The molecule has 0 N–H and O–H groups in total. The van der Waals surface area contributed by atoms with E-state index in [0.717, 1.165) is 11.3 Å². The lowest BCUT2D eigenvalue weighted by Gasteiger charge is -2.20. The van der Waals surface area contributed by atoms with Crippen molar-refractivity contribution in [3.05, 3.63) is 51.5 Å². The highest BCUT2D eigenvalue weighted by Gasteiger charge is 2.22. The molecule has 0 amide bonds. The molecule has 0 bridgehead atoms. The summed E-state index contributed by atoms with van der Waals surface area (Å²) in [6, 6.07) is 11.1. The molecule has 0 radical (unpaired) electrons. The van der Waals surface area contributed by atoms with Gasteiger partial charge in [0.05, 0.1) is 29.6 Å². The first kappa shape index (κ1) is 20.2. The number of ether oxygens (including phenoxy) is 1. The lowest BCUT2D eigenvalue weighted by atomic mass is 10.2. The average Bonchev–Trinajstić information content (AvgIpc) is 3.03. The maximum Gasteiger partial charge on any atom is 0.257 e. The van der Waals surface area contributed by atoms with Crippen molar-refractivity contribution in [2.45, 2.75) is 19.5 Å². The molecule has 3 aromatic rings. The van der Waals surface area contributed by atoms with Gasteiger partial charge in [-0.15, -0.1) is 0 Å². The molecule has 2 aromatic carbocycles. The number of fused-ring (bicyclic) bond motifs is 1. The summed E-state index contributed by atoms with van der Waals surface area (Å²) in [5.74, 6) is 1.33. The second kappa shape index (κ2) is 8.67. The quantitative estimate of drug-likeness (QED) is 0.391. The summed E-state index contributed by atoms with van der Waals surface area (Å²) in [7, 11) is 1.62. The number of halogens is 4. The number of anilines is 1. The minimum atomic E-state index is -2.52. The summed E-state index contributed by atoms with van der Waals surface area (Å²) in [5, 5.41) is 5.57. The van der Waals surface area contributed by atoms with Crippen molar-refractivity contribution in [3.63, 3.8) is 0 Å². The molecular weight excluding hydrogens is 460 g/mol. The Morgan fingerprint density at radius 1 is 1.26 bits per heavy atom. The first-order valence-electron chi connectivity index (χ1n) is 8.01. The van der Waals surface area contributed by atoms with Crippen LogP contribution in [0, 0.1) is 0 Å². The van der Waals surface area contributed by atoms with Crippen molar-refractivity contribution in [2.24, 2.45) is 0 Å². The summed E-state index contributed by atoms with van der Waals surface area (Å²) >= 11 is 11.3. The van der Waals surface area contributed by atoms with E-state index in [1.807, 2.05) is 34.8 Å². The molecule has 27 heavy (non-hydrogen) atoms. The van der Waals surface area contributed by atoms with E-state index in [2.05, 4.69) is 21.0 Å². The van der Waals surface area contributed by atoms with Gasteiger partial charge in [0.15, 0.2) is 5.82 Å². The van der Waals surface area contributed by atoms with E-state index in [9.17, 15) is 8.78 Å². The maximum absolute atomic E-state index is 13.1. The Morgan fingerprint density at radius 3 is 2.56 bits per heavy atom. The molecule has 3 rings (SSSR count). The molecule has 0 atom stereocenters. The molecule has 144 valence electrons. The zero-order valence-corrected chi connectivity index (χ0v) is 17.8. The summed E-state index contributed by atoms with van der Waals surface area (Å²) in [5.41, 5.74) is 1.60. The molecule has 0 saturated carbocycles. The van der Waals surface area contributed by atoms with Crippen LogP contribution in [0.3, 0.4) is 0 Å². The van der Waals surface area contributed by atoms with E-state index in [0.29, 0.717) is 32.8 Å². The number of rotatable bonds is 7. The SMILES string of the molecule is COc1ccc(CN(SC)c2nn(CC(F)F)c3c(Br)ccc(Cl)c23)cc1. The van der Waals surface area contributed by atoms with Crippen LogP contribution in [0.4, 0.5) is 14.6 Å². The summed E-state index contributed by atoms with van der Waals surface area (Å²) in [6.07, 6.45) is -0.607. The summed E-state index contributed by atoms with van der Waals surface area (Å²) in [4.78, 5) is 0. The smallest absolute Gasteiger partial charge is 0.257 e. The normalized spacial score (nSPS) is 11.4. The van der Waals surface area contributed by atoms with E-state index < -0.39 is 13.0 Å². The van der Waals surface area contributed by atoms with Crippen LogP contribution in [0.15, 0.2) is 40.9 Å². The number of methoxy groups -OCH3 is 1. The highest BCUT2D eigenvalue weighted by atomic mass is 79.9. The topological polar surface area (TPSA) is 30.3 Å². The van der Waals surface area contributed by atoms with E-state index in [4.69, 9.17) is 16.3 Å². The highest BCUT2D eigenvalue weighted by molar-refractivity contribution is 9.10. The Hall–Kier alpha value is -1.51. The molecule has 0 spiro atoms. The fraction of sp³-hybridized carbons (Fsp3) is 0.278. The molecular formula is C18H17BrClF2N3OS. The summed E-state index contributed by atoms with van der Waals surface area (Å²) in [6.45, 7) is 0.0367. The van der Waals surface area contributed by atoms with Gasteiger partial charge in [0.2, 0.25) is 0 Å². The Balaban J connectivity index is 2.05. The molecule has 4 nitrogen and oxygen atoms in total. The van der Waals surface area contributed by atoms with Crippen LogP contribution in [-0.2, 0) is 13.1 Å². The van der Waals surface area contributed by atoms with Crippen molar-refractivity contribution in [1.29, 1.82) is 0 Å². The van der Waals surface area contributed by atoms with Crippen LogP contribution in [0.2, 0.25) is 5.02 Å². The number of benzene rings is 2. The van der Waals surface area contributed by atoms with E-state index in [1.165, 1.54) is 16.6 Å². The van der Waals surface area contributed by atoms with Crippen LogP contribution in [0.25, 0.3) is 10.9 Å². The van der Waals surface area contributed by atoms with Crippen molar-refractivity contribution in [3.8, 4) is 5.75 Å². The third-order valence-electron chi connectivity index (χ3n) is 4.03. The molecule has 9 heteroatoms. The van der Waals surface area contributed by atoms with Crippen LogP contribution in [0.5, 0.6) is 5.75 Å². The van der Waals surface area contributed by atoms with Crippen molar-refractivity contribution >= 4 is 56.2 Å². The lowest BCUT2D eigenvalue weighted by Crippen LogP contribution is -2.15. The fourth-order valence-corrected chi connectivity index (χ4v) is 4.13. The molecule has 0 aliphatic rings. The zero-order valence-electron chi connectivity index (χ0n) is 14.6. The fourth-order valence-electron chi connectivity index (χ4n) is 2.78. The van der Waals surface area contributed by atoms with Gasteiger partial charge in [0.1, 0.15) is 12.3 Å².